The van der Waals surface area contributed by atoms with Crippen molar-refractivity contribution in [3.63, 3.8) is 0 Å². The van der Waals surface area contributed by atoms with Crippen molar-refractivity contribution >= 4 is 0 Å². The van der Waals surface area contributed by atoms with E-state index in [2.05, 4.69) is 26.1 Å². The Balaban J connectivity index is 2.68. The molecule has 0 aliphatic carbocycles. The van der Waals surface area contributed by atoms with Crippen LogP contribution >= 0.6 is 0 Å². The molecule has 72 valence electrons. The molecule has 0 aromatic rings. The summed E-state index contributed by atoms with van der Waals surface area (Å²) in [5.74, 6) is 0. The van der Waals surface area contributed by atoms with E-state index in [1.165, 1.54) is 12.8 Å². The zero-order valence-corrected chi connectivity index (χ0v) is 8.74. The number of hydrogen-bond donors (Lipinski definition) is 1. The van der Waals surface area contributed by atoms with Crippen molar-refractivity contribution in [2.75, 3.05) is 20.3 Å². The third-order valence-electron chi connectivity index (χ3n) is 3.73. The van der Waals surface area contributed by atoms with Gasteiger partial charge in [0.05, 0.1) is 0 Å². The molecule has 0 atom stereocenters. The van der Waals surface area contributed by atoms with Crippen LogP contribution in [0.5, 0.6) is 0 Å². The quantitative estimate of drug-likeness (QED) is 0.684. The number of rotatable bonds is 2. The zero-order chi connectivity index (χ0) is 9.24. The molecule has 1 heterocycles. The van der Waals surface area contributed by atoms with Gasteiger partial charge in [0.25, 0.3) is 0 Å². The van der Waals surface area contributed by atoms with Gasteiger partial charge in [-0.25, -0.2) is 0 Å². The standard InChI is InChI=1S/C10H21NO/c1-9(2,11-4)10(3)5-7-12-8-6-10/h11H,5-8H2,1-4H3. The minimum absolute atomic E-state index is 0.219. The molecule has 1 N–H and O–H groups in total. The molecule has 0 radical (unpaired) electrons. The molecule has 2 heteroatoms. The highest BCUT2D eigenvalue weighted by Gasteiger charge is 2.40. The van der Waals surface area contributed by atoms with E-state index in [1.54, 1.807) is 0 Å². The van der Waals surface area contributed by atoms with Crippen LogP contribution in [-0.4, -0.2) is 25.8 Å². The largest absolute Gasteiger partial charge is 0.381 e. The molecule has 0 amide bonds. The minimum Gasteiger partial charge on any atom is -0.381 e. The average molecular weight is 171 g/mol. The van der Waals surface area contributed by atoms with Crippen LogP contribution in [-0.2, 0) is 4.74 Å². The second-order valence-corrected chi connectivity index (χ2v) is 4.55. The molecule has 0 bridgehead atoms. The van der Waals surface area contributed by atoms with Gasteiger partial charge < -0.3 is 10.1 Å². The van der Waals surface area contributed by atoms with Crippen LogP contribution in [0.2, 0.25) is 0 Å². The highest BCUT2D eigenvalue weighted by Crippen LogP contribution is 2.39. The maximum absolute atomic E-state index is 5.38. The van der Waals surface area contributed by atoms with E-state index in [0.29, 0.717) is 5.41 Å². The van der Waals surface area contributed by atoms with Gasteiger partial charge in [0.2, 0.25) is 0 Å². The predicted octanol–water partition coefficient (Wildman–Crippen LogP) is 1.80. The summed E-state index contributed by atoms with van der Waals surface area (Å²) in [6, 6.07) is 0. The molecule has 1 fully saturated rings. The Bertz CT molecular complexity index is 148. The lowest BCUT2D eigenvalue weighted by Gasteiger charge is -2.46. The fraction of sp³-hybridized carbons (Fsp3) is 1.00. The van der Waals surface area contributed by atoms with Crippen molar-refractivity contribution in [1.82, 2.24) is 5.32 Å². The lowest BCUT2D eigenvalue weighted by molar-refractivity contribution is -0.0185. The van der Waals surface area contributed by atoms with E-state index in [1.807, 2.05) is 7.05 Å². The van der Waals surface area contributed by atoms with Crippen molar-refractivity contribution in [2.45, 2.75) is 39.2 Å². The first-order chi connectivity index (χ1) is 5.52. The van der Waals surface area contributed by atoms with Crippen LogP contribution in [0.1, 0.15) is 33.6 Å². The van der Waals surface area contributed by atoms with E-state index in [9.17, 15) is 0 Å². The Hall–Kier alpha value is -0.0800. The molecule has 1 aliphatic heterocycles. The van der Waals surface area contributed by atoms with Crippen molar-refractivity contribution < 1.29 is 4.74 Å². The zero-order valence-electron chi connectivity index (χ0n) is 8.74. The first-order valence-electron chi connectivity index (χ1n) is 4.78. The molecule has 2 nitrogen and oxygen atoms in total. The van der Waals surface area contributed by atoms with Gasteiger partial charge in [-0.15, -0.1) is 0 Å². The molecule has 1 saturated heterocycles. The van der Waals surface area contributed by atoms with E-state index < -0.39 is 0 Å². The monoisotopic (exact) mass is 171 g/mol. The van der Waals surface area contributed by atoms with Crippen LogP contribution in [0, 0.1) is 5.41 Å². The Labute approximate surface area is 75.7 Å². The SMILES string of the molecule is CNC(C)(C)C1(C)CCOCC1. The molecule has 1 rings (SSSR count). The van der Waals surface area contributed by atoms with Crippen LogP contribution < -0.4 is 5.32 Å². The molecule has 0 aromatic carbocycles. The van der Waals surface area contributed by atoms with Gasteiger partial charge in [-0.1, -0.05) is 6.92 Å². The lowest BCUT2D eigenvalue weighted by Crippen LogP contribution is -2.53. The van der Waals surface area contributed by atoms with Crippen molar-refractivity contribution in [3.05, 3.63) is 0 Å². The molecule has 0 aromatic heterocycles. The van der Waals surface area contributed by atoms with E-state index >= 15 is 0 Å². The predicted molar refractivity (Wildman–Crippen MR) is 51.3 cm³/mol. The Morgan fingerprint density at radius 3 is 2.17 bits per heavy atom. The molecule has 0 unspecified atom stereocenters. The topological polar surface area (TPSA) is 21.3 Å². The Morgan fingerprint density at radius 2 is 1.75 bits per heavy atom. The van der Waals surface area contributed by atoms with Gasteiger partial charge in [0.1, 0.15) is 0 Å². The van der Waals surface area contributed by atoms with Gasteiger partial charge >= 0.3 is 0 Å². The van der Waals surface area contributed by atoms with Crippen molar-refractivity contribution in [2.24, 2.45) is 5.41 Å². The van der Waals surface area contributed by atoms with Crippen molar-refractivity contribution in [1.29, 1.82) is 0 Å². The second kappa shape index (κ2) is 3.35. The maximum atomic E-state index is 5.38. The number of hydrogen-bond acceptors (Lipinski definition) is 2. The lowest BCUT2D eigenvalue weighted by atomic mass is 9.68. The summed E-state index contributed by atoms with van der Waals surface area (Å²) >= 11 is 0. The Morgan fingerprint density at radius 1 is 1.25 bits per heavy atom. The van der Waals surface area contributed by atoms with E-state index in [0.717, 1.165) is 13.2 Å². The summed E-state index contributed by atoms with van der Waals surface area (Å²) in [5, 5.41) is 3.40. The van der Waals surface area contributed by atoms with E-state index in [4.69, 9.17) is 4.74 Å². The van der Waals surface area contributed by atoms with Crippen LogP contribution in [0.25, 0.3) is 0 Å². The van der Waals surface area contributed by atoms with Gasteiger partial charge in [0.15, 0.2) is 0 Å². The number of ether oxygens (including phenoxy) is 1. The first kappa shape index (κ1) is 10.0. The summed E-state index contributed by atoms with van der Waals surface area (Å²) in [4.78, 5) is 0. The molecule has 0 saturated carbocycles. The van der Waals surface area contributed by atoms with Gasteiger partial charge in [-0.2, -0.15) is 0 Å². The fourth-order valence-corrected chi connectivity index (χ4v) is 1.75. The number of nitrogens with one attached hydrogen (secondary N) is 1. The molecule has 0 spiro atoms. The highest BCUT2D eigenvalue weighted by molar-refractivity contribution is 4.96. The summed E-state index contributed by atoms with van der Waals surface area (Å²) < 4.78 is 5.38. The highest BCUT2D eigenvalue weighted by atomic mass is 16.5. The van der Waals surface area contributed by atoms with Crippen LogP contribution in [0.4, 0.5) is 0 Å². The fourth-order valence-electron chi connectivity index (χ4n) is 1.75. The first-order valence-corrected chi connectivity index (χ1v) is 4.78. The molecule has 12 heavy (non-hydrogen) atoms. The third kappa shape index (κ3) is 1.64. The maximum Gasteiger partial charge on any atom is 0.0471 e. The average Bonchev–Trinajstić information content (AvgIpc) is 2.06. The summed E-state index contributed by atoms with van der Waals surface area (Å²) in [7, 11) is 2.04. The normalized spacial score (nSPS) is 24.0. The van der Waals surface area contributed by atoms with Crippen molar-refractivity contribution in [3.8, 4) is 0 Å². The smallest absolute Gasteiger partial charge is 0.0471 e. The van der Waals surface area contributed by atoms with Gasteiger partial charge in [-0.05, 0) is 39.2 Å². The molecular formula is C10H21NO. The van der Waals surface area contributed by atoms with Gasteiger partial charge in [0, 0.05) is 18.8 Å². The molecule has 1 aliphatic rings. The second-order valence-electron chi connectivity index (χ2n) is 4.55. The third-order valence-corrected chi connectivity index (χ3v) is 3.73. The van der Waals surface area contributed by atoms with Crippen LogP contribution in [0.15, 0.2) is 0 Å². The Kier molecular flexibility index (Phi) is 2.79. The molecular weight excluding hydrogens is 150 g/mol. The van der Waals surface area contributed by atoms with Crippen LogP contribution in [0.3, 0.4) is 0 Å². The van der Waals surface area contributed by atoms with E-state index in [-0.39, 0.29) is 5.54 Å². The van der Waals surface area contributed by atoms with Gasteiger partial charge in [-0.3, -0.25) is 0 Å². The summed E-state index contributed by atoms with van der Waals surface area (Å²) in [6.45, 7) is 8.74. The summed E-state index contributed by atoms with van der Waals surface area (Å²) in [6.07, 6.45) is 2.34. The minimum atomic E-state index is 0.219. The summed E-state index contributed by atoms with van der Waals surface area (Å²) in [5.41, 5.74) is 0.608.